The van der Waals surface area contributed by atoms with E-state index in [1.54, 1.807) is 0 Å². The molecule has 1 aliphatic rings. The minimum atomic E-state index is -3.98. The maximum Gasteiger partial charge on any atom is 0.335 e. The summed E-state index contributed by atoms with van der Waals surface area (Å²) in [6.07, 6.45) is 2.67. The van der Waals surface area contributed by atoms with Crippen LogP contribution in [0, 0.1) is 11.7 Å². The van der Waals surface area contributed by atoms with Gasteiger partial charge in [-0.25, -0.2) is 17.6 Å². The molecule has 2 rings (SSSR count). The molecule has 1 N–H and O–H groups in total. The van der Waals surface area contributed by atoms with Gasteiger partial charge in [0.15, 0.2) is 0 Å². The second-order valence-corrected chi connectivity index (χ2v) is 7.16. The zero-order chi connectivity index (χ0) is 15.6. The highest BCUT2D eigenvalue weighted by molar-refractivity contribution is 7.89. The van der Waals surface area contributed by atoms with E-state index in [0.717, 1.165) is 37.5 Å². The van der Waals surface area contributed by atoms with E-state index in [1.165, 1.54) is 4.31 Å². The largest absolute Gasteiger partial charge is 0.478 e. The van der Waals surface area contributed by atoms with Gasteiger partial charge in [-0.3, -0.25) is 0 Å². The lowest BCUT2D eigenvalue weighted by atomic mass is 10.0. The van der Waals surface area contributed by atoms with E-state index in [9.17, 15) is 17.6 Å². The Morgan fingerprint density at radius 2 is 2.19 bits per heavy atom. The molecule has 1 aliphatic heterocycles. The first-order valence-corrected chi connectivity index (χ1v) is 8.33. The lowest BCUT2D eigenvalue weighted by Crippen LogP contribution is -2.29. The fourth-order valence-electron chi connectivity index (χ4n) is 2.63. The van der Waals surface area contributed by atoms with Crippen molar-refractivity contribution in [2.24, 2.45) is 5.92 Å². The average molecular weight is 315 g/mol. The van der Waals surface area contributed by atoms with Crippen molar-refractivity contribution in [2.45, 2.75) is 31.1 Å². The summed E-state index contributed by atoms with van der Waals surface area (Å²) in [6, 6.07) is 2.83. The SMILES string of the molecule is CCCC1CCN(S(=O)(=O)c2cc(C(=O)O)ccc2F)C1. The Kier molecular flexibility index (Phi) is 4.63. The number of carbonyl (C=O) groups is 1. The third-order valence-electron chi connectivity index (χ3n) is 3.74. The lowest BCUT2D eigenvalue weighted by molar-refractivity contribution is 0.0696. The fourth-order valence-corrected chi connectivity index (χ4v) is 4.25. The summed E-state index contributed by atoms with van der Waals surface area (Å²) >= 11 is 0. The molecular weight excluding hydrogens is 297 g/mol. The van der Waals surface area contributed by atoms with Gasteiger partial charge in [-0.1, -0.05) is 13.3 Å². The van der Waals surface area contributed by atoms with Crippen LogP contribution in [0.15, 0.2) is 23.1 Å². The topological polar surface area (TPSA) is 74.7 Å². The number of sulfonamides is 1. The number of rotatable bonds is 5. The van der Waals surface area contributed by atoms with Crippen molar-refractivity contribution in [1.82, 2.24) is 4.31 Å². The maximum absolute atomic E-state index is 13.8. The summed E-state index contributed by atoms with van der Waals surface area (Å²) in [5.74, 6) is -1.91. The molecule has 0 aliphatic carbocycles. The molecule has 1 atom stereocenters. The van der Waals surface area contributed by atoms with E-state index in [-0.39, 0.29) is 11.5 Å². The van der Waals surface area contributed by atoms with Crippen molar-refractivity contribution in [2.75, 3.05) is 13.1 Å². The molecule has 0 saturated carbocycles. The van der Waals surface area contributed by atoms with Crippen LogP contribution in [0.2, 0.25) is 0 Å². The Bertz CT molecular complexity index is 644. The van der Waals surface area contributed by atoms with Gasteiger partial charge in [0.1, 0.15) is 10.7 Å². The highest BCUT2D eigenvalue weighted by Crippen LogP contribution is 2.28. The molecule has 1 heterocycles. The van der Waals surface area contributed by atoms with E-state index in [1.807, 2.05) is 6.92 Å². The summed E-state index contributed by atoms with van der Waals surface area (Å²) in [6.45, 7) is 2.75. The Morgan fingerprint density at radius 1 is 1.48 bits per heavy atom. The van der Waals surface area contributed by atoms with E-state index in [0.29, 0.717) is 13.1 Å². The Hall–Kier alpha value is -1.47. The molecule has 0 amide bonds. The number of aromatic carboxylic acids is 1. The van der Waals surface area contributed by atoms with Gasteiger partial charge in [0.2, 0.25) is 10.0 Å². The van der Waals surface area contributed by atoms with Crippen LogP contribution < -0.4 is 0 Å². The first-order chi connectivity index (χ1) is 9.86. The van der Waals surface area contributed by atoms with Crippen molar-refractivity contribution in [3.05, 3.63) is 29.6 Å². The number of halogens is 1. The van der Waals surface area contributed by atoms with Crippen LogP contribution >= 0.6 is 0 Å². The van der Waals surface area contributed by atoms with Crippen LogP contribution in [0.3, 0.4) is 0 Å². The molecular formula is C14H18FNO4S. The van der Waals surface area contributed by atoms with Gasteiger partial charge in [0, 0.05) is 13.1 Å². The van der Waals surface area contributed by atoms with E-state index < -0.39 is 26.7 Å². The Morgan fingerprint density at radius 3 is 2.81 bits per heavy atom. The zero-order valence-corrected chi connectivity index (χ0v) is 12.6. The highest BCUT2D eigenvalue weighted by atomic mass is 32.2. The molecule has 7 heteroatoms. The summed E-state index contributed by atoms with van der Waals surface area (Å²) in [7, 11) is -3.98. The molecule has 0 spiro atoms. The van der Waals surface area contributed by atoms with Crippen molar-refractivity contribution in [3.63, 3.8) is 0 Å². The van der Waals surface area contributed by atoms with Gasteiger partial charge in [-0.15, -0.1) is 0 Å². The molecule has 1 unspecified atom stereocenters. The second-order valence-electron chi connectivity index (χ2n) is 5.26. The quantitative estimate of drug-likeness (QED) is 0.905. The Labute approximate surface area is 123 Å². The molecule has 116 valence electrons. The monoisotopic (exact) mass is 315 g/mol. The molecule has 5 nitrogen and oxygen atoms in total. The van der Waals surface area contributed by atoms with Gasteiger partial charge < -0.3 is 5.11 Å². The van der Waals surface area contributed by atoms with Crippen molar-refractivity contribution < 1.29 is 22.7 Å². The van der Waals surface area contributed by atoms with Gasteiger partial charge in [0.05, 0.1) is 5.56 Å². The molecule has 0 radical (unpaired) electrons. The number of hydrogen-bond acceptors (Lipinski definition) is 3. The molecule has 0 bridgehead atoms. The number of nitrogens with zero attached hydrogens (tertiary/aromatic N) is 1. The van der Waals surface area contributed by atoms with E-state index >= 15 is 0 Å². The minimum Gasteiger partial charge on any atom is -0.478 e. The summed E-state index contributed by atoms with van der Waals surface area (Å²) in [4.78, 5) is 10.4. The standard InChI is InChI=1S/C14H18FNO4S/c1-2-3-10-6-7-16(9-10)21(19,20)13-8-11(14(17)18)4-5-12(13)15/h4-5,8,10H,2-3,6-7,9H2,1H3,(H,17,18). The molecule has 1 fully saturated rings. The van der Waals surface area contributed by atoms with Crippen LogP contribution in [0.1, 0.15) is 36.5 Å². The van der Waals surface area contributed by atoms with Crippen LogP contribution in [0.25, 0.3) is 0 Å². The number of hydrogen-bond donors (Lipinski definition) is 1. The van der Waals surface area contributed by atoms with Crippen LogP contribution in [-0.2, 0) is 10.0 Å². The van der Waals surface area contributed by atoms with Gasteiger partial charge in [-0.05, 0) is 37.0 Å². The third kappa shape index (κ3) is 3.24. The molecule has 1 aromatic carbocycles. The predicted octanol–water partition coefficient (Wildman–Crippen LogP) is 2.33. The normalized spacial score (nSPS) is 19.8. The average Bonchev–Trinajstić information content (AvgIpc) is 2.88. The van der Waals surface area contributed by atoms with Crippen molar-refractivity contribution >= 4 is 16.0 Å². The smallest absolute Gasteiger partial charge is 0.335 e. The Balaban J connectivity index is 2.32. The van der Waals surface area contributed by atoms with Gasteiger partial charge in [0.25, 0.3) is 0 Å². The maximum atomic E-state index is 13.8. The third-order valence-corrected chi connectivity index (χ3v) is 5.62. The number of carboxylic acids is 1. The fraction of sp³-hybridized carbons (Fsp3) is 0.500. The van der Waals surface area contributed by atoms with Gasteiger partial charge in [-0.2, -0.15) is 4.31 Å². The summed E-state index contributed by atoms with van der Waals surface area (Å²) in [5, 5.41) is 8.91. The summed E-state index contributed by atoms with van der Waals surface area (Å²) in [5.41, 5.74) is -0.237. The first kappa shape index (κ1) is 15.9. The van der Waals surface area contributed by atoms with Crippen LogP contribution in [0.5, 0.6) is 0 Å². The number of carboxylic acid groups (broad SMARTS) is 1. The van der Waals surface area contributed by atoms with Crippen molar-refractivity contribution in [3.8, 4) is 0 Å². The first-order valence-electron chi connectivity index (χ1n) is 6.89. The lowest BCUT2D eigenvalue weighted by Gasteiger charge is -2.17. The van der Waals surface area contributed by atoms with Gasteiger partial charge >= 0.3 is 5.97 Å². The van der Waals surface area contributed by atoms with E-state index in [4.69, 9.17) is 5.11 Å². The van der Waals surface area contributed by atoms with Crippen LogP contribution in [0.4, 0.5) is 4.39 Å². The molecule has 21 heavy (non-hydrogen) atoms. The predicted molar refractivity (Wildman–Crippen MR) is 75.1 cm³/mol. The highest BCUT2D eigenvalue weighted by Gasteiger charge is 2.34. The van der Waals surface area contributed by atoms with Crippen molar-refractivity contribution in [1.29, 1.82) is 0 Å². The van der Waals surface area contributed by atoms with Crippen LogP contribution in [-0.4, -0.2) is 36.9 Å². The molecule has 1 saturated heterocycles. The number of benzene rings is 1. The zero-order valence-electron chi connectivity index (χ0n) is 11.8. The minimum absolute atomic E-state index is 0.237. The molecule has 0 aromatic heterocycles. The molecule has 1 aromatic rings. The second kappa shape index (κ2) is 6.11. The summed E-state index contributed by atoms with van der Waals surface area (Å²) < 4.78 is 40.0. The van der Waals surface area contributed by atoms with E-state index in [2.05, 4.69) is 0 Å².